The molecule has 2 N–H and O–H groups in total. The summed E-state index contributed by atoms with van der Waals surface area (Å²) in [5.74, 6) is -2.10. The van der Waals surface area contributed by atoms with Crippen molar-refractivity contribution >= 4 is 17.7 Å². The average Bonchev–Trinajstić information content (AvgIpc) is 1.98. The van der Waals surface area contributed by atoms with Crippen molar-refractivity contribution in [3.63, 3.8) is 0 Å². The number of carbonyl (C=O) groups is 3. The van der Waals surface area contributed by atoms with Gasteiger partial charge < -0.3 is 10.4 Å². The summed E-state index contributed by atoms with van der Waals surface area (Å²) in [7, 11) is 0. The lowest BCUT2D eigenvalue weighted by molar-refractivity contribution is -0.141. The van der Waals surface area contributed by atoms with Gasteiger partial charge in [0.05, 0.1) is 6.54 Å². The summed E-state index contributed by atoms with van der Waals surface area (Å²) in [4.78, 5) is 31.7. The largest absolute Gasteiger partial charge is 0.481 e. The third-order valence-electron chi connectivity index (χ3n) is 1.42. The van der Waals surface area contributed by atoms with Crippen LogP contribution in [0.2, 0.25) is 0 Å². The van der Waals surface area contributed by atoms with Crippen molar-refractivity contribution in [1.82, 2.24) is 5.32 Å². The molecule has 0 rings (SSSR count). The number of carbonyl (C=O) groups excluding carboxylic acids is 2. The molecule has 0 aliphatic carbocycles. The van der Waals surface area contributed by atoms with Gasteiger partial charge in [-0.2, -0.15) is 0 Å². The van der Waals surface area contributed by atoms with E-state index in [-0.39, 0.29) is 18.2 Å². The standard InChI is InChI=1S/C8H13NO4/c1-5(2)6(10)4-9-7(11)3-8(12)13/h5H,3-4H2,1-2H3,(H,9,11)(H,12,13). The predicted octanol–water partition coefficient (Wildman–Crippen LogP) is -0.198. The zero-order valence-corrected chi connectivity index (χ0v) is 7.66. The average molecular weight is 187 g/mol. The van der Waals surface area contributed by atoms with Crippen LogP contribution >= 0.6 is 0 Å². The Kier molecular flexibility index (Phi) is 4.72. The number of carboxylic acid groups (broad SMARTS) is 1. The van der Waals surface area contributed by atoms with E-state index in [0.29, 0.717) is 0 Å². The number of nitrogens with one attached hydrogen (secondary N) is 1. The summed E-state index contributed by atoms with van der Waals surface area (Å²) >= 11 is 0. The molecule has 0 atom stereocenters. The molecule has 74 valence electrons. The second-order valence-electron chi connectivity index (χ2n) is 2.97. The minimum absolute atomic E-state index is 0.0935. The molecule has 1 amide bonds. The molecule has 0 unspecified atom stereocenters. The second-order valence-corrected chi connectivity index (χ2v) is 2.97. The maximum Gasteiger partial charge on any atom is 0.312 e. The highest BCUT2D eigenvalue weighted by Gasteiger charge is 2.11. The second kappa shape index (κ2) is 5.29. The number of amides is 1. The minimum Gasteiger partial charge on any atom is -0.481 e. The molecule has 5 heteroatoms. The maximum absolute atomic E-state index is 11.0. The number of carboxylic acids is 1. The van der Waals surface area contributed by atoms with Gasteiger partial charge in [0.2, 0.25) is 5.91 Å². The Hall–Kier alpha value is -1.39. The van der Waals surface area contributed by atoms with E-state index in [0.717, 1.165) is 0 Å². The van der Waals surface area contributed by atoms with E-state index in [1.807, 2.05) is 0 Å². The minimum atomic E-state index is -1.20. The van der Waals surface area contributed by atoms with Crippen LogP contribution in [0.25, 0.3) is 0 Å². The number of hydrogen-bond donors (Lipinski definition) is 2. The molecular formula is C8H13NO4. The van der Waals surface area contributed by atoms with Gasteiger partial charge in [-0.05, 0) is 0 Å². The van der Waals surface area contributed by atoms with Crippen LogP contribution in [0.15, 0.2) is 0 Å². The molecule has 0 saturated heterocycles. The van der Waals surface area contributed by atoms with Crippen LogP contribution in [0.3, 0.4) is 0 Å². The van der Waals surface area contributed by atoms with Crippen molar-refractivity contribution in [3.05, 3.63) is 0 Å². The van der Waals surface area contributed by atoms with Crippen LogP contribution in [0.5, 0.6) is 0 Å². The van der Waals surface area contributed by atoms with Crippen molar-refractivity contribution in [2.75, 3.05) is 6.54 Å². The molecule has 0 heterocycles. The van der Waals surface area contributed by atoms with Gasteiger partial charge in [-0.3, -0.25) is 14.4 Å². The van der Waals surface area contributed by atoms with E-state index >= 15 is 0 Å². The van der Waals surface area contributed by atoms with Gasteiger partial charge in [-0.25, -0.2) is 0 Å². The molecule has 0 spiro atoms. The number of aliphatic carboxylic acids is 1. The highest BCUT2D eigenvalue weighted by atomic mass is 16.4. The van der Waals surface area contributed by atoms with E-state index in [1.54, 1.807) is 13.8 Å². The summed E-state index contributed by atoms with van der Waals surface area (Å²) in [5, 5.41) is 10.4. The van der Waals surface area contributed by atoms with Gasteiger partial charge in [-0.15, -0.1) is 0 Å². The fourth-order valence-corrected chi connectivity index (χ4v) is 0.590. The molecule has 0 aromatic rings. The Morgan fingerprint density at radius 1 is 1.31 bits per heavy atom. The lowest BCUT2D eigenvalue weighted by Gasteiger charge is -2.04. The number of Topliss-reactive ketones (excluding diaryl/α,β-unsaturated/α-hetero) is 1. The van der Waals surface area contributed by atoms with E-state index in [1.165, 1.54) is 0 Å². The third kappa shape index (κ3) is 5.84. The summed E-state index contributed by atoms with van der Waals surface area (Å²) in [6.07, 6.45) is -0.592. The van der Waals surface area contributed by atoms with Crippen molar-refractivity contribution < 1.29 is 19.5 Å². The zero-order chi connectivity index (χ0) is 10.4. The van der Waals surface area contributed by atoms with Crippen molar-refractivity contribution in [3.8, 4) is 0 Å². The summed E-state index contributed by atoms with van der Waals surface area (Å²) in [6, 6.07) is 0. The van der Waals surface area contributed by atoms with Gasteiger partial charge >= 0.3 is 5.97 Å². The highest BCUT2D eigenvalue weighted by molar-refractivity contribution is 5.95. The molecule has 0 aromatic heterocycles. The van der Waals surface area contributed by atoms with Crippen LogP contribution in [-0.2, 0) is 14.4 Å². The molecule has 0 bridgehead atoms. The quantitative estimate of drug-likeness (QED) is 0.584. The Balaban J connectivity index is 3.70. The van der Waals surface area contributed by atoms with Gasteiger partial charge in [0.25, 0.3) is 0 Å². The Morgan fingerprint density at radius 3 is 2.23 bits per heavy atom. The monoisotopic (exact) mass is 187 g/mol. The highest BCUT2D eigenvalue weighted by Crippen LogP contribution is 1.92. The van der Waals surface area contributed by atoms with Crippen molar-refractivity contribution in [1.29, 1.82) is 0 Å². The van der Waals surface area contributed by atoms with Gasteiger partial charge in [0.1, 0.15) is 6.42 Å². The van der Waals surface area contributed by atoms with E-state index in [4.69, 9.17) is 5.11 Å². The Morgan fingerprint density at radius 2 is 1.85 bits per heavy atom. The number of rotatable bonds is 5. The fourth-order valence-electron chi connectivity index (χ4n) is 0.590. The first-order valence-corrected chi connectivity index (χ1v) is 3.94. The molecular weight excluding hydrogens is 174 g/mol. The van der Waals surface area contributed by atoms with Gasteiger partial charge in [-0.1, -0.05) is 13.8 Å². The van der Waals surface area contributed by atoms with E-state index in [2.05, 4.69) is 5.32 Å². The summed E-state index contributed by atoms with van der Waals surface area (Å²) in [6.45, 7) is 3.33. The molecule has 13 heavy (non-hydrogen) atoms. The number of ketones is 1. The van der Waals surface area contributed by atoms with Gasteiger partial charge in [0, 0.05) is 5.92 Å². The first kappa shape index (κ1) is 11.6. The van der Waals surface area contributed by atoms with Crippen molar-refractivity contribution in [2.45, 2.75) is 20.3 Å². The SMILES string of the molecule is CC(C)C(=O)CNC(=O)CC(=O)O. The Bertz CT molecular complexity index is 222. The fraction of sp³-hybridized carbons (Fsp3) is 0.625. The third-order valence-corrected chi connectivity index (χ3v) is 1.42. The predicted molar refractivity (Wildman–Crippen MR) is 45.1 cm³/mol. The van der Waals surface area contributed by atoms with Crippen LogP contribution in [-0.4, -0.2) is 29.3 Å². The zero-order valence-electron chi connectivity index (χ0n) is 7.66. The summed E-state index contributed by atoms with van der Waals surface area (Å²) in [5.41, 5.74) is 0. The van der Waals surface area contributed by atoms with Crippen LogP contribution in [0, 0.1) is 5.92 Å². The van der Waals surface area contributed by atoms with Crippen LogP contribution < -0.4 is 5.32 Å². The molecule has 5 nitrogen and oxygen atoms in total. The molecule has 0 aliphatic heterocycles. The molecule has 0 fully saturated rings. The first-order valence-electron chi connectivity index (χ1n) is 3.94. The molecule has 0 saturated carbocycles. The first-order chi connectivity index (χ1) is 5.93. The lowest BCUT2D eigenvalue weighted by Crippen LogP contribution is -2.32. The topological polar surface area (TPSA) is 83.5 Å². The smallest absolute Gasteiger partial charge is 0.312 e. The van der Waals surface area contributed by atoms with E-state index in [9.17, 15) is 14.4 Å². The Labute approximate surface area is 76.1 Å². The van der Waals surface area contributed by atoms with Gasteiger partial charge in [0.15, 0.2) is 5.78 Å². The van der Waals surface area contributed by atoms with Crippen LogP contribution in [0.1, 0.15) is 20.3 Å². The normalized spacial score (nSPS) is 9.77. The summed E-state index contributed by atoms with van der Waals surface area (Å²) < 4.78 is 0. The van der Waals surface area contributed by atoms with E-state index < -0.39 is 18.3 Å². The van der Waals surface area contributed by atoms with Crippen LogP contribution in [0.4, 0.5) is 0 Å². The maximum atomic E-state index is 11.0. The lowest BCUT2D eigenvalue weighted by atomic mass is 10.1. The molecule has 0 aromatic carbocycles. The molecule has 0 aliphatic rings. The number of hydrogen-bond acceptors (Lipinski definition) is 3. The van der Waals surface area contributed by atoms with Crippen molar-refractivity contribution in [2.24, 2.45) is 5.92 Å². The molecule has 0 radical (unpaired) electrons.